The summed E-state index contributed by atoms with van der Waals surface area (Å²) in [7, 11) is 2.11. The zero-order valence-electron chi connectivity index (χ0n) is 11.9. The van der Waals surface area contributed by atoms with Gasteiger partial charge in [-0.15, -0.1) is 0 Å². The average molecular weight is 254 g/mol. The molecule has 1 N–H and O–H groups in total. The van der Waals surface area contributed by atoms with Crippen molar-refractivity contribution in [2.45, 2.75) is 38.6 Å². The predicted octanol–water partition coefficient (Wildman–Crippen LogP) is 1.51. The first-order valence-electron chi connectivity index (χ1n) is 7.14. The van der Waals surface area contributed by atoms with Crippen LogP contribution in [0.5, 0.6) is 0 Å². The molecule has 2 aliphatic rings. The largest absolute Gasteiger partial charge is 0.480 e. The van der Waals surface area contributed by atoms with E-state index in [0.717, 1.165) is 39.0 Å². The fraction of sp³-hybridized carbons (Fsp3) is 0.929. The molecule has 104 valence electrons. The van der Waals surface area contributed by atoms with Crippen molar-refractivity contribution >= 4 is 5.97 Å². The van der Waals surface area contributed by atoms with Gasteiger partial charge < -0.3 is 10.0 Å². The molecule has 1 aliphatic carbocycles. The summed E-state index contributed by atoms with van der Waals surface area (Å²) in [5.74, 6) is 0.178. The first-order chi connectivity index (χ1) is 8.46. The number of carboxylic acid groups (broad SMARTS) is 1. The molecule has 0 aromatic rings. The van der Waals surface area contributed by atoms with Crippen LogP contribution < -0.4 is 0 Å². The van der Waals surface area contributed by atoms with Crippen molar-refractivity contribution in [2.24, 2.45) is 11.8 Å². The van der Waals surface area contributed by atoms with Gasteiger partial charge in [0, 0.05) is 26.2 Å². The van der Waals surface area contributed by atoms with Crippen molar-refractivity contribution in [3.8, 4) is 0 Å². The number of hydrogen-bond acceptors (Lipinski definition) is 3. The molecular weight excluding hydrogens is 228 g/mol. The Morgan fingerprint density at radius 2 is 1.78 bits per heavy atom. The van der Waals surface area contributed by atoms with Crippen LogP contribution in [0.4, 0.5) is 0 Å². The Bertz CT molecular complexity index is 313. The van der Waals surface area contributed by atoms with Crippen LogP contribution in [0.1, 0.15) is 33.1 Å². The van der Waals surface area contributed by atoms with Gasteiger partial charge in [-0.2, -0.15) is 0 Å². The van der Waals surface area contributed by atoms with Crippen molar-refractivity contribution in [3.63, 3.8) is 0 Å². The molecule has 0 bridgehead atoms. The van der Waals surface area contributed by atoms with Gasteiger partial charge in [0.05, 0.1) is 0 Å². The maximum atomic E-state index is 12.0. The van der Waals surface area contributed by atoms with Gasteiger partial charge in [0.15, 0.2) is 0 Å². The number of nitrogens with zero attached hydrogens (tertiary/aromatic N) is 2. The second-order valence-corrected chi connectivity index (χ2v) is 6.31. The quantitative estimate of drug-likeness (QED) is 0.811. The number of aliphatic carboxylic acids is 1. The van der Waals surface area contributed by atoms with Gasteiger partial charge >= 0.3 is 5.97 Å². The summed E-state index contributed by atoms with van der Waals surface area (Å²) in [5.41, 5.74) is -0.612. The monoisotopic (exact) mass is 254 g/mol. The highest BCUT2D eigenvalue weighted by atomic mass is 16.4. The first kappa shape index (κ1) is 13.8. The van der Waals surface area contributed by atoms with Crippen LogP contribution >= 0.6 is 0 Å². The molecule has 0 aromatic heterocycles. The lowest BCUT2D eigenvalue weighted by Crippen LogP contribution is -2.65. The van der Waals surface area contributed by atoms with E-state index in [2.05, 4.69) is 30.7 Å². The van der Waals surface area contributed by atoms with Crippen LogP contribution in [-0.4, -0.2) is 59.6 Å². The van der Waals surface area contributed by atoms with Gasteiger partial charge in [0.1, 0.15) is 5.54 Å². The molecule has 2 fully saturated rings. The lowest BCUT2D eigenvalue weighted by Gasteiger charge is -2.51. The zero-order valence-corrected chi connectivity index (χ0v) is 11.9. The molecule has 3 atom stereocenters. The molecule has 0 spiro atoms. The van der Waals surface area contributed by atoms with Crippen molar-refractivity contribution in [2.75, 3.05) is 33.2 Å². The Labute approximate surface area is 110 Å². The Balaban J connectivity index is 2.22. The molecule has 1 saturated carbocycles. The molecular formula is C14H26N2O2. The maximum Gasteiger partial charge on any atom is 0.324 e. The fourth-order valence-electron chi connectivity index (χ4n) is 3.69. The van der Waals surface area contributed by atoms with Crippen LogP contribution in [0.15, 0.2) is 0 Å². The minimum Gasteiger partial charge on any atom is -0.480 e. The summed E-state index contributed by atoms with van der Waals surface area (Å²) in [5, 5.41) is 9.84. The minimum absolute atomic E-state index is 0.259. The van der Waals surface area contributed by atoms with Crippen LogP contribution in [0, 0.1) is 11.8 Å². The van der Waals surface area contributed by atoms with Crippen molar-refractivity contribution in [1.82, 2.24) is 9.80 Å². The van der Waals surface area contributed by atoms with Gasteiger partial charge in [0.25, 0.3) is 0 Å². The lowest BCUT2D eigenvalue weighted by atomic mass is 9.68. The summed E-state index contributed by atoms with van der Waals surface area (Å²) in [6.45, 7) is 8.06. The van der Waals surface area contributed by atoms with Gasteiger partial charge in [-0.3, -0.25) is 9.69 Å². The summed E-state index contributed by atoms with van der Waals surface area (Å²) in [4.78, 5) is 16.5. The van der Waals surface area contributed by atoms with E-state index < -0.39 is 11.5 Å². The molecule has 1 saturated heterocycles. The Morgan fingerprint density at radius 3 is 2.33 bits per heavy atom. The van der Waals surface area contributed by atoms with Gasteiger partial charge in [-0.05, 0) is 31.7 Å². The fourth-order valence-corrected chi connectivity index (χ4v) is 3.69. The normalized spacial score (nSPS) is 39.7. The Hall–Kier alpha value is -0.610. The van der Waals surface area contributed by atoms with E-state index in [9.17, 15) is 9.90 Å². The molecule has 2 rings (SSSR count). The van der Waals surface area contributed by atoms with Gasteiger partial charge in [0.2, 0.25) is 0 Å². The third kappa shape index (κ3) is 2.28. The number of likely N-dealkylation sites (N-methyl/N-ethyl adjacent to an activating group) is 1. The van der Waals surface area contributed by atoms with Crippen LogP contribution in [0.3, 0.4) is 0 Å². The van der Waals surface area contributed by atoms with E-state index in [1.54, 1.807) is 0 Å². The second kappa shape index (κ2) is 5.17. The number of rotatable bonds is 2. The molecule has 3 unspecified atom stereocenters. The number of carbonyl (C=O) groups is 1. The topological polar surface area (TPSA) is 43.8 Å². The van der Waals surface area contributed by atoms with Crippen molar-refractivity contribution in [1.29, 1.82) is 0 Å². The van der Waals surface area contributed by atoms with E-state index >= 15 is 0 Å². The molecule has 1 aliphatic heterocycles. The van der Waals surface area contributed by atoms with Crippen LogP contribution in [0.25, 0.3) is 0 Å². The van der Waals surface area contributed by atoms with E-state index in [0.29, 0.717) is 5.92 Å². The summed E-state index contributed by atoms with van der Waals surface area (Å²) >= 11 is 0. The third-order valence-electron chi connectivity index (χ3n) is 5.01. The zero-order chi connectivity index (χ0) is 13.3. The van der Waals surface area contributed by atoms with Crippen LogP contribution in [0.2, 0.25) is 0 Å². The maximum absolute atomic E-state index is 12.0. The first-order valence-corrected chi connectivity index (χ1v) is 7.14. The predicted molar refractivity (Wildman–Crippen MR) is 71.6 cm³/mol. The number of piperazine rings is 1. The van der Waals surface area contributed by atoms with E-state index in [4.69, 9.17) is 0 Å². The highest BCUT2D eigenvalue weighted by molar-refractivity contribution is 5.79. The molecule has 0 radical (unpaired) electrons. The molecule has 0 aromatic carbocycles. The lowest BCUT2D eigenvalue weighted by molar-refractivity contribution is -0.162. The van der Waals surface area contributed by atoms with E-state index in [1.807, 2.05) is 0 Å². The minimum atomic E-state index is -0.612. The van der Waals surface area contributed by atoms with Crippen LogP contribution in [-0.2, 0) is 4.79 Å². The Kier molecular flexibility index (Phi) is 3.97. The van der Waals surface area contributed by atoms with Crippen molar-refractivity contribution < 1.29 is 9.90 Å². The molecule has 0 amide bonds. The molecule has 4 nitrogen and oxygen atoms in total. The van der Waals surface area contributed by atoms with Gasteiger partial charge in [-0.25, -0.2) is 0 Å². The summed E-state index contributed by atoms with van der Waals surface area (Å²) in [6, 6.07) is 0. The molecule has 1 heterocycles. The van der Waals surface area contributed by atoms with Crippen molar-refractivity contribution in [3.05, 3.63) is 0 Å². The standard InChI is InChI=1S/C14H26N2O2/c1-11-4-5-12(2)14(10-11,13(17)18)16-8-6-15(3)7-9-16/h11-12H,4-10H2,1-3H3,(H,17,18). The smallest absolute Gasteiger partial charge is 0.324 e. The molecule has 18 heavy (non-hydrogen) atoms. The highest BCUT2D eigenvalue weighted by Gasteiger charge is 2.51. The average Bonchev–Trinajstić information content (AvgIpc) is 2.33. The molecule has 4 heteroatoms. The Morgan fingerprint density at radius 1 is 1.17 bits per heavy atom. The summed E-state index contributed by atoms with van der Waals surface area (Å²) < 4.78 is 0. The van der Waals surface area contributed by atoms with E-state index in [1.165, 1.54) is 6.42 Å². The SMILES string of the molecule is CC1CCC(C)C(C(=O)O)(N2CCN(C)CC2)C1. The van der Waals surface area contributed by atoms with Gasteiger partial charge in [-0.1, -0.05) is 20.3 Å². The number of hydrogen-bond donors (Lipinski definition) is 1. The third-order valence-corrected chi connectivity index (χ3v) is 5.01. The number of carboxylic acids is 1. The van der Waals surface area contributed by atoms with E-state index in [-0.39, 0.29) is 5.92 Å². The highest BCUT2D eigenvalue weighted by Crippen LogP contribution is 2.41. The second-order valence-electron chi connectivity index (χ2n) is 6.31. The summed E-state index contributed by atoms with van der Waals surface area (Å²) in [6.07, 6.45) is 3.02.